The quantitative estimate of drug-likeness (QED) is 0.574. The average Bonchev–Trinajstić information content (AvgIpc) is 2.15. The van der Waals surface area contributed by atoms with Gasteiger partial charge in [0.15, 0.2) is 0 Å². The number of rotatable bonds is 6. The Morgan fingerprint density at radius 1 is 1.54 bits per heavy atom. The summed E-state index contributed by atoms with van der Waals surface area (Å²) in [5, 5.41) is 8.81. The topological polar surface area (TPSA) is 66.6 Å². The third-order valence-electron chi connectivity index (χ3n) is 2.16. The molecule has 0 heterocycles. The summed E-state index contributed by atoms with van der Waals surface area (Å²) in [7, 11) is 1.71. The first-order valence-electron chi connectivity index (χ1n) is 4.70. The van der Waals surface area contributed by atoms with Crippen LogP contribution in [0.3, 0.4) is 0 Å². The van der Waals surface area contributed by atoms with Gasteiger partial charge in [-0.05, 0) is 26.3 Å². The molecule has 1 unspecified atom stereocenters. The summed E-state index contributed by atoms with van der Waals surface area (Å²) in [5.74, 6) is 0.0787. The fraction of sp³-hybridized carbons (Fsp3) is 0.889. The van der Waals surface area contributed by atoms with Crippen molar-refractivity contribution in [3.63, 3.8) is 0 Å². The third kappa shape index (κ3) is 4.85. The summed E-state index contributed by atoms with van der Waals surface area (Å²) in [4.78, 5) is 13.0. The van der Waals surface area contributed by atoms with Gasteiger partial charge in [-0.15, -0.1) is 0 Å². The zero-order valence-electron chi connectivity index (χ0n) is 8.49. The lowest BCUT2D eigenvalue weighted by molar-refractivity contribution is -0.132. The summed E-state index contributed by atoms with van der Waals surface area (Å²) in [6.45, 7) is 2.46. The van der Waals surface area contributed by atoms with Gasteiger partial charge in [-0.2, -0.15) is 0 Å². The van der Waals surface area contributed by atoms with Crippen LogP contribution in [0, 0.1) is 0 Å². The Hall–Kier alpha value is -0.610. The van der Waals surface area contributed by atoms with Gasteiger partial charge in [-0.3, -0.25) is 4.79 Å². The number of carbonyl (C=O) groups is 1. The summed E-state index contributed by atoms with van der Waals surface area (Å²) >= 11 is 0. The lowest BCUT2D eigenvalue weighted by Crippen LogP contribution is -2.37. The predicted octanol–water partition coefficient (Wildman–Crippen LogP) is -0.0454. The SMILES string of the molecule is CC(CO)N(C)C(=O)CCCCN. The molecule has 4 heteroatoms. The van der Waals surface area contributed by atoms with E-state index in [2.05, 4.69) is 0 Å². The molecule has 4 nitrogen and oxygen atoms in total. The second kappa shape index (κ2) is 6.86. The van der Waals surface area contributed by atoms with E-state index < -0.39 is 0 Å². The van der Waals surface area contributed by atoms with Gasteiger partial charge < -0.3 is 15.7 Å². The Bertz CT molecular complexity index is 151. The minimum Gasteiger partial charge on any atom is -0.394 e. The molecular weight excluding hydrogens is 168 g/mol. The first kappa shape index (κ1) is 12.4. The molecule has 13 heavy (non-hydrogen) atoms. The number of nitrogens with zero attached hydrogens (tertiary/aromatic N) is 1. The molecule has 3 N–H and O–H groups in total. The average molecular weight is 188 g/mol. The monoisotopic (exact) mass is 188 g/mol. The van der Waals surface area contributed by atoms with E-state index in [0.29, 0.717) is 13.0 Å². The van der Waals surface area contributed by atoms with Crippen molar-refractivity contribution in [1.29, 1.82) is 0 Å². The minimum absolute atomic E-state index is 0.0130. The van der Waals surface area contributed by atoms with Gasteiger partial charge in [-0.25, -0.2) is 0 Å². The first-order chi connectivity index (χ1) is 6.13. The Balaban J connectivity index is 3.69. The van der Waals surface area contributed by atoms with E-state index in [4.69, 9.17) is 10.8 Å². The summed E-state index contributed by atoms with van der Waals surface area (Å²) in [6.07, 6.45) is 2.24. The number of aliphatic hydroxyl groups is 1. The van der Waals surface area contributed by atoms with Gasteiger partial charge in [-0.1, -0.05) is 0 Å². The van der Waals surface area contributed by atoms with Crippen LogP contribution in [0.4, 0.5) is 0 Å². The molecule has 0 saturated heterocycles. The van der Waals surface area contributed by atoms with E-state index in [1.54, 1.807) is 11.9 Å². The van der Waals surface area contributed by atoms with Crippen molar-refractivity contribution >= 4 is 5.91 Å². The second-order valence-electron chi connectivity index (χ2n) is 3.28. The van der Waals surface area contributed by atoms with Crippen LogP contribution in [0.2, 0.25) is 0 Å². The van der Waals surface area contributed by atoms with Crippen molar-refractivity contribution in [2.24, 2.45) is 5.73 Å². The van der Waals surface area contributed by atoms with E-state index in [9.17, 15) is 4.79 Å². The molecule has 0 aromatic carbocycles. The summed E-state index contributed by atoms with van der Waals surface area (Å²) in [6, 6.07) is -0.0922. The molecule has 0 aliphatic carbocycles. The number of nitrogens with two attached hydrogens (primary N) is 1. The highest BCUT2D eigenvalue weighted by molar-refractivity contribution is 5.76. The van der Waals surface area contributed by atoms with Gasteiger partial charge in [0, 0.05) is 13.5 Å². The van der Waals surface area contributed by atoms with Crippen LogP contribution >= 0.6 is 0 Å². The largest absolute Gasteiger partial charge is 0.394 e. The summed E-state index contributed by atoms with van der Waals surface area (Å²) < 4.78 is 0. The number of hydrogen-bond acceptors (Lipinski definition) is 3. The lowest BCUT2D eigenvalue weighted by atomic mass is 10.2. The van der Waals surface area contributed by atoms with Gasteiger partial charge >= 0.3 is 0 Å². The van der Waals surface area contributed by atoms with Crippen molar-refractivity contribution in [3.05, 3.63) is 0 Å². The van der Waals surface area contributed by atoms with Gasteiger partial charge in [0.25, 0.3) is 0 Å². The van der Waals surface area contributed by atoms with Crippen LogP contribution in [-0.2, 0) is 4.79 Å². The Kier molecular flexibility index (Phi) is 6.54. The van der Waals surface area contributed by atoms with Crippen molar-refractivity contribution in [2.75, 3.05) is 20.2 Å². The normalized spacial score (nSPS) is 12.6. The number of unbranched alkanes of at least 4 members (excludes halogenated alkanes) is 1. The molecule has 0 aliphatic heterocycles. The van der Waals surface area contributed by atoms with Crippen molar-refractivity contribution in [1.82, 2.24) is 4.90 Å². The highest BCUT2D eigenvalue weighted by Crippen LogP contribution is 2.02. The molecule has 1 amide bonds. The van der Waals surface area contributed by atoms with Gasteiger partial charge in [0.2, 0.25) is 5.91 Å². The highest BCUT2D eigenvalue weighted by Gasteiger charge is 2.13. The van der Waals surface area contributed by atoms with Crippen LogP contribution < -0.4 is 5.73 Å². The molecule has 0 saturated carbocycles. The number of carbonyl (C=O) groups excluding carboxylic acids is 1. The molecule has 0 rings (SSSR count). The second-order valence-corrected chi connectivity index (χ2v) is 3.28. The van der Waals surface area contributed by atoms with E-state index >= 15 is 0 Å². The Labute approximate surface area is 79.7 Å². The maximum Gasteiger partial charge on any atom is 0.222 e. The maximum atomic E-state index is 11.4. The fourth-order valence-electron chi connectivity index (χ4n) is 0.965. The van der Waals surface area contributed by atoms with Crippen LogP contribution in [0.25, 0.3) is 0 Å². The van der Waals surface area contributed by atoms with Gasteiger partial charge in [0.05, 0.1) is 12.6 Å². The van der Waals surface area contributed by atoms with Crippen molar-refractivity contribution in [3.8, 4) is 0 Å². The number of amides is 1. The first-order valence-corrected chi connectivity index (χ1v) is 4.70. The van der Waals surface area contributed by atoms with E-state index in [1.807, 2.05) is 6.92 Å². The minimum atomic E-state index is -0.0922. The zero-order valence-corrected chi connectivity index (χ0v) is 8.49. The molecule has 1 atom stereocenters. The molecule has 0 aliphatic rings. The van der Waals surface area contributed by atoms with Crippen LogP contribution in [0.5, 0.6) is 0 Å². The third-order valence-corrected chi connectivity index (χ3v) is 2.16. The molecule has 0 aromatic heterocycles. The predicted molar refractivity (Wildman–Crippen MR) is 52.2 cm³/mol. The van der Waals surface area contributed by atoms with E-state index in [-0.39, 0.29) is 18.6 Å². The molecule has 0 fully saturated rings. The van der Waals surface area contributed by atoms with Crippen LogP contribution in [-0.4, -0.2) is 42.2 Å². The zero-order chi connectivity index (χ0) is 10.3. The van der Waals surface area contributed by atoms with Crippen LogP contribution in [0.15, 0.2) is 0 Å². The maximum absolute atomic E-state index is 11.4. The molecule has 0 radical (unpaired) electrons. The number of aliphatic hydroxyl groups excluding tert-OH is 1. The molecular formula is C9H20N2O2. The van der Waals surface area contributed by atoms with Crippen molar-refractivity contribution < 1.29 is 9.90 Å². The van der Waals surface area contributed by atoms with Crippen LogP contribution in [0.1, 0.15) is 26.2 Å². The summed E-state index contributed by atoms with van der Waals surface area (Å²) in [5.41, 5.74) is 5.31. The number of likely N-dealkylation sites (N-methyl/N-ethyl adjacent to an activating group) is 1. The molecule has 0 bridgehead atoms. The molecule has 78 valence electrons. The standard InChI is InChI=1S/C9H20N2O2/c1-8(7-12)11(2)9(13)5-3-4-6-10/h8,12H,3-7,10H2,1-2H3. The fourth-order valence-corrected chi connectivity index (χ4v) is 0.965. The number of hydrogen-bond donors (Lipinski definition) is 2. The smallest absolute Gasteiger partial charge is 0.222 e. The lowest BCUT2D eigenvalue weighted by Gasteiger charge is -2.23. The molecule has 0 spiro atoms. The highest BCUT2D eigenvalue weighted by atomic mass is 16.3. The van der Waals surface area contributed by atoms with Crippen molar-refractivity contribution in [2.45, 2.75) is 32.2 Å². The Morgan fingerprint density at radius 3 is 2.62 bits per heavy atom. The van der Waals surface area contributed by atoms with Gasteiger partial charge in [0.1, 0.15) is 0 Å². The van der Waals surface area contributed by atoms with E-state index in [1.165, 1.54) is 0 Å². The Morgan fingerprint density at radius 2 is 2.15 bits per heavy atom. The molecule has 0 aromatic rings. The van der Waals surface area contributed by atoms with E-state index in [0.717, 1.165) is 12.8 Å².